The van der Waals surface area contributed by atoms with E-state index in [4.69, 9.17) is 4.74 Å². The van der Waals surface area contributed by atoms with Crippen LogP contribution in [0.2, 0.25) is 0 Å². The van der Waals surface area contributed by atoms with Crippen molar-refractivity contribution in [2.75, 3.05) is 5.32 Å². The van der Waals surface area contributed by atoms with Crippen LogP contribution in [-0.4, -0.2) is 31.1 Å². The lowest BCUT2D eigenvalue weighted by molar-refractivity contribution is 0.102. The average molecular weight is 392 g/mol. The van der Waals surface area contributed by atoms with Gasteiger partial charge in [-0.1, -0.05) is 18.2 Å². The number of tetrazole rings is 1. The van der Waals surface area contributed by atoms with E-state index in [0.29, 0.717) is 29.4 Å². The molecule has 0 saturated heterocycles. The molecular formula is C19H16N6O2S. The minimum atomic E-state index is -0.264. The first-order valence-corrected chi connectivity index (χ1v) is 9.40. The average Bonchev–Trinajstić information content (AvgIpc) is 3.38. The van der Waals surface area contributed by atoms with Crippen LogP contribution in [0.4, 0.5) is 5.69 Å². The number of aryl methyl sites for hydroxylation is 1. The van der Waals surface area contributed by atoms with E-state index in [0.717, 1.165) is 11.4 Å². The second-order valence-electron chi connectivity index (χ2n) is 5.91. The Balaban J connectivity index is 1.52. The van der Waals surface area contributed by atoms with Gasteiger partial charge in [0.1, 0.15) is 12.4 Å². The summed E-state index contributed by atoms with van der Waals surface area (Å²) in [7, 11) is 0. The Labute approximate surface area is 164 Å². The Morgan fingerprint density at radius 2 is 2.11 bits per heavy atom. The maximum Gasteiger partial charge on any atom is 0.259 e. The standard InChI is InChI=1S/C19H16N6O2S/c1-13-22-23-24-25(13)16-6-4-5-14(9-16)21-19(26)17-7-2-3-8-18(17)27-10-15-11-28-12-20-15/h2-9,11-12H,10H2,1H3,(H,21,26). The van der Waals surface area contributed by atoms with Gasteiger partial charge < -0.3 is 10.1 Å². The van der Waals surface area contributed by atoms with Crippen LogP contribution in [0.25, 0.3) is 5.69 Å². The summed E-state index contributed by atoms with van der Waals surface area (Å²) in [6, 6.07) is 14.4. The summed E-state index contributed by atoms with van der Waals surface area (Å²) >= 11 is 1.50. The third-order valence-electron chi connectivity index (χ3n) is 3.96. The number of thiazole rings is 1. The number of hydrogen-bond acceptors (Lipinski definition) is 7. The zero-order valence-corrected chi connectivity index (χ0v) is 15.8. The highest BCUT2D eigenvalue weighted by molar-refractivity contribution is 7.07. The highest BCUT2D eigenvalue weighted by Crippen LogP contribution is 2.22. The van der Waals surface area contributed by atoms with Gasteiger partial charge in [-0.3, -0.25) is 4.79 Å². The fraction of sp³-hybridized carbons (Fsp3) is 0.105. The number of carbonyl (C=O) groups is 1. The van der Waals surface area contributed by atoms with Gasteiger partial charge in [-0.15, -0.1) is 16.4 Å². The van der Waals surface area contributed by atoms with E-state index in [1.807, 2.05) is 23.6 Å². The summed E-state index contributed by atoms with van der Waals surface area (Å²) in [6.07, 6.45) is 0. The summed E-state index contributed by atoms with van der Waals surface area (Å²) in [4.78, 5) is 17.0. The molecule has 0 unspecified atom stereocenters. The molecule has 140 valence electrons. The van der Waals surface area contributed by atoms with Crippen molar-refractivity contribution in [1.82, 2.24) is 25.2 Å². The van der Waals surface area contributed by atoms with Gasteiger partial charge in [0, 0.05) is 11.1 Å². The number of para-hydroxylation sites is 1. The fourth-order valence-electron chi connectivity index (χ4n) is 2.62. The van der Waals surface area contributed by atoms with Crippen LogP contribution in [-0.2, 0) is 6.61 Å². The second kappa shape index (κ2) is 7.97. The number of carbonyl (C=O) groups excluding carboxylic acids is 1. The van der Waals surface area contributed by atoms with E-state index >= 15 is 0 Å². The van der Waals surface area contributed by atoms with Crippen LogP contribution in [0.15, 0.2) is 59.4 Å². The molecule has 1 N–H and O–H groups in total. The SMILES string of the molecule is Cc1nnnn1-c1cccc(NC(=O)c2ccccc2OCc2cscn2)c1. The van der Waals surface area contributed by atoms with Crippen molar-refractivity contribution < 1.29 is 9.53 Å². The molecule has 28 heavy (non-hydrogen) atoms. The predicted molar refractivity (Wildman–Crippen MR) is 105 cm³/mol. The van der Waals surface area contributed by atoms with Crippen LogP contribution in [0.1, 0.15) is 21.9 Å². The first-order chi connectivity index (χ1) is 13.7. The third kappa shape index (κ3) is 3.89. The van der Waals surface area contributed by atoms with Crippen molar-refractivity contribution in [1.29, 1.82) is 0 Å². The number of hydrogen-bond donors (Lipinski definition) is 1. The molecule has 8 nitrogen and oxygen atoms in total. The van der Waals surface area contributed by atoms with Crippen molar-refractivity contribution in [3.8, 4) is 11.4 Å². The minimum Gasteiger partial charge on any atom is -0.486 e. The normalized spacial score (nSPS) is 10.6. The maximum absolute atomic E-state index is 12.8. The molecule has 0 aliphatic heterocycles. The summed E-state index contributed by atoms with van der Waals surface area (Å²) in [6.45, 7) is 2.11. The molecule has 4 aromatic rings. The van der Waals surface area contributed by atoms with Crippen LogP contribution in [0.5, 0.6) is 5.75 Å². The fourth-order valence-corrected chi connectivity index (χ4v) is 3.17. The highest BCUT2D eigenvalue weighted by Gasteiger charge is 2.13. The van der Waals surface area contributed by atoms with Gasteiger partial charge in [0.15, 0.2) is 5.82 Å². The highest BCUT2D eigenvalue weighted by atomic mass is 32.1. The molecule has 2 heterocycles. The Hall–Kier alpha value is -3.59. The molecule has 0 atom stereocenters. The molecule has 0 spiro atoms. The Morgan fingerprint density at radius 1 is 1.21 bits per heavy atom. The molecule has 2 aromatic carbocycles. The molecule has 2 aromatic heterocycles. The second-order valence-corrected chi connectivity index (χ2v) is 6.63. The van der Waals surface area contributed by atoms with E-state index < -0.39 is 0 Å². The van der Waals surface area contributed by atoms with Crippen LogP contribution in [0.3, 0.4) is 0 Å². The van der Waals surface area contributed by atoms with Crippen molar-refractivity contribution in [2.24, 2.45) is 0 Å². The molecule has 0 radical (unpaired) electrons. The molecule has 9 heteroatoms. The van der Waals surface area contributed by atoms with E-state index in [2.05, 4.69) is 25.8 Å². The van der Waals surface area contributed by atoms with Crippen molar-refractivity contribution in [3.63, 3.8) is 0 Å². The molecule has 0 fully saturated rings. The van der Waals surface area contributed by atoms with Crippen molar-refractivity contribution in [3.05, 3.63) is 76.5 Å². The third-order valence-corrected chi connectivity index (χ3v) is 4.60. The molecule has 0 bridgehead atoms. The zero-order valence-electron chi connectivity index (χ0n) is 14.9. The molecule has 4 rings (SSSR count). The van der Waals surface area contributed by atoms with Gasteiger partial charge in [-0.05, 0) is 47.7 Å². The lowest BCUT2D eigenvalue weighted by atomic mass is 10.1. The van der Waals surface area contributed by atoms with Crippen molar-refractivity contribution in [2.45, 2.75) is 13.5 Å². The van der Waals surface area contributed by atoms with Crippen molar-refractivity contribution >= 4 is 22.9 Å². The topological polar surface area (TPSA) is 94.8 Å². The number of aromatic nitrogens is 5. The van der Waals surface area contributed by atoms with E-state index in [-0.39, 0.29) is 5.91 Å². The predicted octanol–water partition coefficient (Wildman–Crippen LogP) is 3.26. The minimum absolute atomic E-state index is 0.264. The van der Waals surface area contributed by atoms with Crippen LogP contribution in [0, 0.1) is 6.92 Å². The summed E-state index contributed by atoms with van der Waals surface area (Å²) in [5.41, 5.74) is 4.41. The number of ether oxygens (including phenoxy) is 1. The number of benzene rings is 2. The van der Waals surface area contributed by atoms with Crippen LogP contribution >= 0.6 is 11.3 Å². The van der Waals surface area contributed by atoms with Gasteiger partial charge in [0.2, 0.25) is 0 Å². The number of nitrogens with zero attached hydrogens (tertiary/aromatic N) is 5. The number of anilines is 1. The maximum atomic E-state index is 12.8. The van der Waals surface area contributed by atoms with Gasteiger partial charge in [-0.2, -0.15) is 4.68 Å². The number of nitrogens with one attached hydrogen (secondary N) is 1. The number of amides is 1. The Bertz CT molecular complexity index is 1090. The largest absolute Gasteiger partial charge is 0.486 e. The van der Waals surface area contributed by atoms with E-state index in [1.54, 1.807) is 47.4 Å². The molecule has 1 amide bonds. The monoisotopic (exact) mass is 392 g/mol. The van der Waals surface area contributed by atoms with E-state index in [9.17, 15) is 4.79 Å². The lowest BCUT2D eigenvalue weighted by Gasteiger charge is -2.12. The first-order valence-electron chi connectivity index (χ1n) is 8.46. The quantitative estimate of drug-likeness (QED) is 0.541. The smallest absolute Gasteiger partial charge is 0.259 e. The molecule has 0 saturated carbocycles. The molecule has 0 aliphatic carbocycles. The van der Waals surface area contributed by atoms with Gasteiger partial charge in [-0.25, -0.2) is 4.98 Å². The van der Waals surface area contributed by atoms with Gasteiger partial charge in [0.05, 0.1) is 22.5 Å². The Morgan fingerprint density at radius 3 is 2.89 bits per heavy atom. The molecule has 0 aliphatic rings. The molecular weight excluding hydrogens is 376 g/mol. The van der Waals surface area contributed by atoms with Gasteiger partial charge in [0.25, 0.3) is 5.91 Å². The van der Waals surface area contributed by atoms with Crippen LogP contribution < -0.4 is 10.1 Å². The number of rotatable bonds is 6. The Kier molecular flexibility index (Phi) is 5.07. The summed E-state index contributed by atoms with van der Waals surface area (Å²) < 4.78 is 7.39. The summed E-state index contributed by atoms with van der Waals surface area (Å²) in [5, 5.41) is 16.3. The van der Waals surface area contributed by atoms with Gasteiger partial charge >= 0.3 is 0 Å². The summed E-state index contributed by atoms with van der Waals surface area (Å²) in [5.74, 6) is 0.893. The zero-order chi connectivity index (χ0) is 19.3. The van der Waals surface area contributed by atoms with E-state index in [1.165, 1.54) is 11.3 Å². The first kappa shape index (κ1) is 17.8. The lowest BCUT2D eigenvalue weighted by Crippen LogP contribution is -2.14.